The third kappa shape index (κ3) is 5.65. The minimum atomic E-state index is -0.604. The van der Waals surface area contributed by atoms with Gasteiger partial charge in [-0.1, -0.05) is 60.9 Å². The molecule has 0 saturated carbocycles. The number of benzene rings is 2. The van der Waals surface area contributed by atoms with Gasteiger partial charge in [-0.05, 0) is 41.7 Å². The number of rotatable bonds is 7. The average Bonchev–Trinajstić information content (AvgIpc) is 2.88. The van der Waals surface area contributed by atoms with E-state index < -0.39 is 5.92 Å². The topological polar surface area (TPSA) is 100 Å². The summed E-state index contributed by atoms with van der Waals surface area (Å²) in [6.07, 6.45) is 1.01. The molecule has 0 spiro atoms. The Kier molecular flexibility index (Phi) is 8.31. The highest BCUT2D eigenvalue weighted by Crippen LogP contribution is 2.48. The molecule has 4 rings (SSSR count). The van der Waals surface area contributed by atoms with Gasteiger partial charge < -0.3 is 20.1 Å². The van der Waals surface area contributed by atoms with Crippen molar-refractivity contribution in [2.45, 2.75) is 32.6 Å². The summed E-state index contributed by atoms with van der Waals surface area (Å²) in [6.45, 7) is 4.08. The van der Waals surface area contributed by atoms with Crippen molar-refractivity contribution in [2.75, 3.05) is 25.3 Å². The van der Waals surface area contributed by atoms with Gasteiger partial charge in [0.15, 0.2) is 17.3 Å². The van der Waals surface area contributed by atoms with E-state index in [1.54, 1.807) is 37.4 Å². The predicted octanol–water partition coefficient (Wildman–Crippen LogP) is 6.45. The molecule has 198 valence electrons. The van der Waals surface area contributed by atoms with Crippen LogP contribution in [0.2, 0.25) is 10.0 Å². The van der Waals surface area contributed by atoms with Gasteiger partial charge in [-0.2, -0.15) is 5.26 Å². The number of thioether (sulfide) groups is 1. The molecule has 7 nitrogen and oxygen atoms in total. The van der Waals surface area contributed by atoms with Crippen molar-refractivity contribution in [3.63, 3.8) is 0 Å². The van der Waals surface area contributed by atoms with Crippen LogP contribution in [0, 0.1) is 16.7 Å². The lowest BCUT2D eigenvalue weighted by Gasteiger charge is -2.39. The van der Waals surface area contributed by atoms with Crippen molar-refractivity contribution >= 4 is 52.3 Å². The van der Waals surface area contributed by atoms with Gasteiger partial charge >= 0.3 is 0 Å². The molecule has 0 aromatic heterocycles. The quantitative estimate of drug-likeness (QED) is 0.394. The van der Waals surface area contributed by atoms with Crippen molar-refractivity contribution in [3.8, 4) is 17.6 Å². The Morgan fingerprint density at radius 1 is 1.18 bits per heavy atom. The molecule has 2 aromatic carbocycles. The average molecular weight is 573 g/mol. The van der Waals surface area contributed by atoms with E-state index in [9.17, 15) is 14.9 Å². The minimum absolute atomic E-state index is 0.00586. The zero-order chi connectivity index (χ0) is 27.6. The number of allylic oxidation sites excluding steroid dienone is 3. The summed E-state index contributed by atoms with van der Waals surface area (Å²) in [6, 6.07) is 12.7. The summed E-state index contributed by atoms with van der Waals surface area (Å²) in [5.41, 5.74) is 2.60. The van der Waals surface area contributed by atoms with E-state index >= 15 is 0 Å². The van der Waals surface area contributed by atoms with Crippen molar-refractivity contribution < 1.29 is 19.1 Å². The molecule has 1 amide bonds. The SMILES string of the molecule is COc1ccc(C2C(C#N)=C(SCC(=O)Nc3cccc(Cl)c3Cl)NC3=C2C(=O)CC(C)(C)C3)cc1OC. The van der Waals surface area contributed by atoms with E-state index in [-0.39, 0.29) is 27.9 Å². The molecule has 1 heterocycles. The van der Waals surface area contributed by atoms with E-state index in [1.807, 2.05) is 19.9 Å². The number of halogens is 2. The fraction of sp³-hybridized carbons (Fsp3) is 0.321. The Morgan fingerprint density at radius 3 is 2.61 bits per heavy atom. The smallest absolute Gasteiger partial charge is 0.234 e. The van der Waals surface area contributed by atoms with Crippen LogP contribution < -0.4 is 20.1 Å². The minimum Gasteiger partial charge on any atom is -0.493 e. The van der Waals surface area contributed by atoms with Crippen LogP contribution in [-0.2, 0) is 9.59 Å². The third-order valence-corrected chi connectivity index (χ3v) is 8.28. The van der Waals surface area contributed by atoms with E-state index in [1.165, 1.54) is 18.9 Å². The Balaban J connectivity index is 1.70. The molecule has 1 aliphatic heterocycles. The van der Waals surface area contributed by atoms with Gasteiger partial charge in [0.1, 0.15) is 0 Å². The molecule has 10 heteroatoms. The van der Waals surface area contributed by atoms with Crippen LogP contribution in [0.25, 0.3) is 0 Å². The summed E-state index contributed by atoms with van der Waals surface area (Å²) in [7, 11) is 3.09. The molecule has 2 aromatic rings. The van der Waals surface area contributed by atoms with Crippen LogP contribution in [0.1, 0.15) is 38.2 Å². The lowest BCUT2D eigenvalue weighted by Crippen LogP contribution is -2.37. The standard InChI is InChI=1S/C28H27Cl2N3O4S/c1-28(2)11-19-25(20(34)12-28)24(15-8-9-21(36-3)22(10-15)37-4)16(13-31)27(33-19)38-14-23(35)32-18-7-5-6-17(29)26(18)30/h5-10,24,33H,11-12,14H2,1-4H3,(H,32,35). The maximum atomic E-state index is 13.4. The summed E-state index contributed by atoms with van der Waals surface area (Å²) < 4.78 is 10.9. The summed E-state index contributed by atoms with van der Waals surface area (Å²) >= 11 is 13.5. The number of ketones is 1. The van der Waals surface area contributed by atoms with Crippen molar-refractivity contribution in [2.24, 2.45) is 5.41 Å². The van der Waals surface area contributed by atoms with Crippen molar-refractivity contribution in [1.29, 1.82) is 5.26 Å². The van der Waals surface area contributed by atoms with Crippen LogP contribution in [0.5, 0.6) is 11.5 Å². The molecular weight excluding hydrogens is 545 g/mol. The highest BCUT2D eigenvalue weighted by atomic mass is 35.5. The second-order valence-electron chi connectivity index (χ2n) is 9.80. The monoisotopic (exact) mass is 571 g/mol. The van der Waals surface area contributed by atoms with E-state index in [2.05, 4.69) is 16.7 Å². The Bertz CT molecular complexity index is 1410. The summed E-state index contributed by atoms with van der Waals surface area (Å²) in [5, 5.41) is 17.5. The van der Waals surface area contributed by atoms with Crippen molar-refractivity contribution in [3.05, 3.63) is 73.9 Å². The van der Waals surface area contributed by atoms with Gasteiger partial charge in [0, 0.05) is 17.7 Å². The van der Waals surface area contributed by atoms with E-state index in [0.29, 0.717) is 51.2 Å². The zero-order valence-corrected chi connectivity index (χ0v) is 23.7. The second-order valence-corrected chi connectivity index (χ2v) is 11.6. The molecule has 38 heavy (non-hydrogen) atoms. The van der Waals surface area contributed by atoms with Crippen LogP contribution in [0.15, 0.2) is 58.3 Å². The summed E-state index contributed by atoms with van der Waals surface area (Å²) in [4.78, 5) is 26.2. The first-order chi connectivity index (χ1) is 18.1. The van der Waals surface area contributed by atoms with E-state index in [4.69, 9.17) is 32.7 Å². The number of dihydropyridines is 1. The van der Waals surface area contributed by atoms with Gasteiger partial charge in [-0.3, -0.25) is 9.59 Å². The summed E-state index contributed by atoms with van der Waals surface area (Å²) in [5.74, 6) is 0.131. The van der Waals surface area contributed by atoms with E-state index in [0.717, 1.165) is 11.3 Å². The molecule has 1 atom stereocenters. The number of Topliss-reactive ketones (excluding diaryl/α,β-unsaturated/α-hetero) is 1. The largest absolute Gasteiger partial charge is 0.493 e. The number of methoxy groups -OCH3 is 2. The first kappa shape index (κ1) is 27.9. The predicted molar refractivity (Wildman–Crippen MR) is 151 cm³/mol. The van der Waals surface area contributed by atoms with Crippen LogP contribution in [-0.4, -0.2) is 31.7 Å². The Hall–Kier alpha value is -3.12. The normalized spacial score (nSPS) is 18.3. The Labute approximate surface area is 236 Å². The first-order valence-corrected chi connectivity index (χ1v) is 13.6. The van der Waals surface area contributed by atoms with Gasteiger partial charge in [0.2, 0.25) is 5.91 Å². The number of hydrogen-bond donors (Lipinski definition) is 2. The van der Waals surface area contributed by atoms with Crippen LogP contribution in [0.4, 0.5) is 5.69 Å². The van der Waals surface area contributed by atoms with Crippen LogP contribution in [0.3, 0.4) is 0 Å². The second kappa shape index (κ2) is 11.3. The van der Waals surface area contributed by atoms with Crippen LogP contribution >= 0.6 is 35.0 Å². The first-order valence-electron chi connectivity index (χ1n) is 11.8. The lowest BCUT2D eigenvalue weighted by atomic mass is 9.69. The number of nitrogens with one attached hydrogen (secondary N) is 2. The number of amides is 1. The molecular formula is C28H27Cl2N3O4S. The third-order valence-electron chi connectivity index (χ3n) is 6.44. The number of carbonyl (C=O) groups is 2. The zero-order valence-electron chi connectivity index (χ0n) is 21.4. The fourth-order valence-electron chi connectivity index (χ4n) is 4.78. The number of nitriles is 1. The molecule has 1 aliphatic carbocycles. The molecule has 1 unspecified atom stereocenters. The van der Waals surface area contributed by atoms with Gasteiger partial charge in [0.25, 0.3) is 0 Å². The highest BCUT2D eigenvalue weighted by molar-refractivity contribution is 8.03. The van der Waals surface area contributed by atoms with Crippen molar-refractivity contribution in [1.82, 2.24) is 5.32 Å². The fourth-order valence-corrected chi connectivity index (χ4v) is 5.99. The molecule has 2 N–H and O–H groups in total. The molecule has 2 aliphatic rings. The maximum absolute atomic E-state index is 13.4. The number of carbonyl (C=O) groups excluding carboxylic acids is 2. The highest BCUT2D eigenvalue weighted by Gasteiger charge is 2.42. The lowest BCUT2D eigenvalue weighted by molar-refractivity contribution is -0.118. The van der Waals surface area contributed by atoms with Gasteiger partial charge in [0.05, 0.1) is 58.3 Å². The number of hydrogen-bond acceptors (Lipinski definition) is 7. The maximum Gasteiger partial charge on any atom is 0.234 e. The molecule has 0 radical (unpaired) electrons. The Morgan fingerprint density at radius 2 is 1.92 bits per heavy atom. The number of anilines is 1. The molecule has 0 bridgehead atoms. The number of nitrogens with zero attached hydrogens (tertiary/aromatic N) is 1. The molecule has 0 saturated heterocycles. The molecule has 0 fully saturated rings. The van der Waals surface area contributed by atoms with Gasteiger partial charge in [-0.15, -0.1) is 0 Å². The number of ether oxygens (including phenoxy) is 2. The van der Waals surface area contributed by atoms with Gasteiger partial charge in [-0.25, -0.2) is 0 Å².